The van der Waals surface area contributed by atoms with Gasteiger partial charge in [0.05, 0.1) is 18.7 Å². The second-order valence-corrected chi connectivity index (χ2v) is 5.85. The first-order valence-corrected chi connectivity index (χ1v) is 8.43. The fourth-order valence-electron chi connectivity index (χ4n) is 2.34. The average molecular weight is 360 g/mol. The van der Waals surface area contributed by atoms with E-state index < -0.39 is 0 Å². The molecule has 0 unspecified atom stereocenters. The van der Waals surface area contributed by atoms with E-state index in [9.17, 15) is 4.79 Å². The molecular weight excluding hydrogens is 338 g/mol. The Balaban J connectivity index is 2.04. The number of carbonyl (C=O) groups excluding carboxylic acids is 1. The number of methoxy groups -OCH3 is 1. The van der Waals surface area contributed by atoms with E-state index in [1.54, 1.807) is 25.3 Å². The largest absolute Gasteiger partial charge is 0.493 e. The fraction of sp³-hybridized carbons (Fsp3) is 0.250. The fourth-order valence-corrected chi connectivity index (χ4v) is 2.62. The third kappa shape index (κ3) is 5.26. The molecule has 2 rings (SSSR count). The number of amides is 1. The summed E-state index contributed by atoms with van der Waals surface area (Å²) in [6.45, 7) is 4.88. The highest BCUT2D eigenvalue weighted by Crippen LogP contribution is 2.36. The number of ether oxygens (including phenoxy) is 2. The molecule has 1 N–H and O–H groups in total. The normalized spacial score (nSPS) is 10.7. The minimum atomic E-state index is -0.174. The first kappa shape index (κ1) is 18.9. The molecule has 0 saturated heterocycles. The predicted molar refractivity (Wildman–Crippen MR) is 101 cm³/mol. The minimum Gasteiger partial charge on any atom is -0.493 e. The Morgan fingerprint density at radius 1 is 1.28 bits per heavy atom. The number of benzene rings is 2. The zero-order valence-electron chi connectivity index (χ0n) is 14.6. The van der Waals surface area contributed by atoms with E-state index in [-0.39, 0.29) is 5.91 Å². The molecule has 0 fully saturated rings. The van der Waals surface area contributed by atoms with Crippen molar-refractivity contribution in [3.05, 3.63) is 64.2 Å². The Labute approximate surface area is 153 Å². The number of aryl methyl sites for hydroxylation is 1. The summed E-state index contributed by atoms with van der Waals surface area (Å²) >= 11 is 6.23. The van der Waals surface area contributed by atoms with Crippen LogP contribution in [0.25, 0.3) is 6.08 Å². The van der Waals surface area contributed by atoms with E-state index in [0.717, 1.165) is 16.7 Å². The molecule has 25 heavy (non-hydrogen) atoms. The van der Waals surface area contributed by atoms with Crippen LogP contribution in [0.1, 0.15) is 23.6 Å². The first-order valence-electron chi connectivity index (χ1n) is 8.06. The molecule has 132 valence electrons. The summed E-state index contributed by atoms with van der Waals surface area (Å²) in [5.74, 6) is 0.870. The van der Waals surface area contributed by atoms with E-state index in [4.69, 9.17) is 21.1 Å². The van der Waals surface area contributed by atoms with E-state index in [1.165, 1.54) is 6.08 Å². The van der Waals surface area contributed by atoms with E-state index in [2.05, 4.69) is 5.32 Å². The van der Waals surface area contributed by atoms with Crippen LogP contribution in [-0.4, -0.2) is 19.6 Å². The van der Waals surface area contributed by atoms with E-state index in [0.29, 0.717) is 29.7 Å². The molecule has 2 aromatic rings. The second kappa shape index (κ2) is 9.14. The van der Waals surface area contributed by atoms with Crippen LogP contribution >= 0.6 is 11.6 Å². The Morgan fingerprint density at radius 2 is 2.04 bits per heavy atom. The third-order valence-electron chi connectivity index (χ3n) is 3.68. The van der Waals surface area contributed by atoms with Crippen molar-refractivity contribution in [2.24, 2.45) is 0 Å². The second-order valence-electron chi connectivity index (χ2n) is 5.44. The van der Waals surface area contributed by atoms with Crippen molar-refractivity contribution in [3.8, 4) is 11.5 Å². The number of halogens is 1. The van der Waals surface area contributed by atoms with Gasteiger partial charge in [0.2, 0.25) is 5.91 Å². The zero-order chi connectivity index (χ0) is 18.2. The van der Waals surface area contributed by atoms with Crippen LogP contribution < -0.4 is 14.8 Å². The quantitative estimate of drug-likeness (QED) is 0.746. The van der Waals surface area contributed by atoms with Crippen LogP contribution in [0.4, 0.5) is 0 Å². The van der Waals surface area contributed by atoms with Gasteiger partial charge in [-0.25, -0.2) is 0 Å². The Bertz CT molecular complexity index is 772. The molecule has 4 nitrogen and oxygen atoms in total. The highest BCUT2D eigenvalue weighted by molar-refractivity contribution is 6.32. The third-order valence-corrected chi connectivity index (χ3v) is 3.96. The van der Waals surface area contributed by atoms with Gasteiger partial charge in [-0.05, 0) is 48.7 Å². The summed E-state index contributed by atoms with van der Waals surface area (Å²) in [5.41, 5.74) is 3.00. The number of carbonyl (C=O) groups is 1. The van der Waals surface area contributed by atoms with Gasteiger partial charge in [0.25, 0.3) is 0 Å². The van der Waals surface area contributed by atoms with Crippen molar-refractivity contribution in [3.63, 3.8) is 0 Å². The van der Waals surface area contributed by atoms with Crippen LogP contribution in [0.15, 0.2) is 42.5 Å². The smallest absolute Gasteiger partial charge is 0.244 e. The van der Waals surface area contributed by atoms with Crippen LogP contribution in [0.3, 0.4) is 0 Å². The Hall–Kier alpha value is -2.46. The maximum atomic E-state index is 12.0. The standard InChI is InChI=1S/C20H22ClNO3/c1-4-25-20-17(21)11-15(12-18(20)24-3)9-10-19(23)22-13-16-8-6-5-7-14(16)2/h5-12H,4,13H2,1-3H3,(H,22,23)/b10-9+. The first-order chi connectivity index (χ1) is 12.0. The van der Waals surface area contributed by atoms with Crippen molar-refractivity contribution in [1.29, 1.82) is 0 Å². The number of nitrogens with one attached hydrogen (secondary N) is 1. The van der Waals surface area contributed by atoms with Crippen molar-refractivity contribution in [2.45, 2.75) is 20.4 Å². The van der Waals surface area contributed by atoms with E-state index in [1.807, 2.05) is 38.1 Å². The van der Waals surface area contributed by atoms with Gasteiger partial charge in [-0.2, -0.15) is 0 Å². The van der Waals surface area contributed by atoms with Gasteiger partial charge in [-0.3, -0.25) is 4.79 Å². The minimum absolute atomic E-state index is 0.174. The number of hydrogen-bond donors (Lipinski definition) is 1. The molecule has 0 heterocycles. The van der Waals surface area contributed by atoms with Gasteiger partial charge < -0.3 is 14.8 Å². The Kier molecular flexibility index (Phi) is 6.90. The lowest BCUT2D eigenvalue weighted by molar-refractivity contribution is -0.116. The molecule has 0 aliphatic rings. The van der Waals surface area contributed by atoms with Crippen molar-refractivity contribution in [1.82, 2.24) is 5.32 Å². The van der Waals surface area contributed by atoms with Gasteiger partial charge in [0, 0.05) is 12.6 Å². The van der Waals surface area contributed by atoms with Crippen molar-refractivity contribution in [2.75, 3.05) is 13.7 Å². The van der Waals surface area contributed by atoms with Gasteiger partial charge in [-0.1, -0.05) is 35.9 Å². The lowest BCUT2D eigenvalue weighted by atomic mass is 10.1. The molecule has 0 saturated carbocycles. The lowest BCUT2D eigenvalue weighted by Crippen LogP contribution is -2.20. The van der Waals surface area contributed by atoms with Crippen LogP contribution in [0, 0.1) is 6.92 Å². The lowest BCUT2D eigenvalue weighted by Gasteiger charge is -2.11. The van der Waals surface area contributed by atoms with Gasteiger partial charge in [0.15, 0.2) is 11.5 Å². The SMILES string of the molecule is CCOc1c(Cl)cc(/C=C/C(=O)NCc2ccccc2C)cc1OC. The molecule has 0 bridgehead atoms. The summed E-state index contributed by atoms with van der Waals surface area (Å²) < 4.78 is 10.8. The van der Waals surface area contributed by atoms with Crippen LogP contribution in [-0.2, 0) is 11.3 Å². The summed E-state index contributed by atoms with van der Waals surface area (Å²) in [7, 11) is 1.55. The summed E-state index contributed by atoms with van der Waals surface area (Å²) in [6.07, 6.45) is 3.17. The molecule has 0 spiro atoms. The average Bonchev–Trinajstić information content (AvgIpc) is 2.61. The molecule has 2 aromatic carbocycles. The maximum Gasteiger partial charge on any atom is 0.244 e. The summed E-state index contributed by atoms with van der Waals surface area (Å²) in [6, 6.07) is 11.5. The van der Waals surface area contributed by atoms with Crippen LogP contribution in [0.5, 0.6) is 11.5 Å². The number of rotatable bonds is 7. The molecular formula is C20H22ClNO3. The predicted octanol–water partition coefficient (Wildman–Crippen LogP) is 4.39. The van der Waals surface area contributed by atoms with Crippen molar-refractivity contribution < 1.29 is 14.3 Å². The van der Waals surface area contributed by atoms with Crippen LogP contribution in [0.2, 0.25) is 5.02 Å². The van der Waals surface area contributed by atoms with Gasteiger partial charge >= 0.3 is 0 Å². The highest BCUT2D eigenvalue weighted by Gasteiger charge is 2.10. The van der Waals surface area contributed by atoms with Crippen molar-refractivity contribution >= 4 is 23.6 Å². The Morgan fingerprint density at radius 3 is 2.72 bits per heavy atom. The maximum absolute atomic E-state index is 12.0. The topological polar surface area (TPSA) is 47.6 Å². The summed E-state index contributed by atoms with van der Waals surface area (Å²) in [5, 5.41) is 3.32. The molecule has 0 aliphatic heterocycles. The zero-order valence-corrected chi connectivity index (χ0v) is 15.4. The molecule has 1 amide bonds. The number of hydrogen-bond acceptors (Lipinski definition) is 3. The monoisotopic (exact) mass is 359 g/mol. The van der Waals surface area contributed by atoms with Gasteiger partial charge in [0.1, 0.15) is 0 Å². The molecule has 5 heteroatoms. The van der Waals surface area contributed by atoms with Gasteiger partial charge in [-0.15, -0.1) is 0 Å². The molecule has 0 radical (unpaired) electrons. The molecule has 0 aromatic heterocycles. The molecule has 0 atom stereocenters. The highest BCUT2D eigenvalue weighted by atomic mass is 35.5. The summed E-state index contributed by atoms with van der Waals surface area (Å²) in [4.78, 5) is 12.0. The van der Waals surface area contributed by atoms with E-state index >= 15 is 0 Å². The molecule has 0 aliphatic carbocycles.